The third-order valence-electron chi connectivity index (χ3n) is 4.35. The van der Waals surface area contributed by atoms with Gasteiger partial charge in [-0.1, -0.05) is 0 Å². The number of carbonyl (C=O) groups is 1. The zero-order valence-electron chi connectivity index (χ0n) is 13.2. The molecule has 2 aliphatic rings. The van der Waals surface area contributed by atoms with Crippen LogP contribution in [0.5, 0.6) is 0 Å². The first kappa shape index (κ1) is 15.7. The van der Waals surface area contributed by atoms with Crippen LogP contribution >= 0.6 is 0 Å². The summed E-state index contributed by atoms with van der Waals surface area (Å²) >= 11 is 0. The minimum Gasteiger partial charge on any atom is -0.373 e. The highest BCUT2D eigenvalue weighted by Gasteiger charge is 2.34. The van der Waals surface area contributed by atoms with Gasteiger partial charge in [-0.05, 0) is 47.1 Å². The molecule has 0 aliphatic carbocycles. The number of ether oxygens (including phenoxy) is 1. The second-order valence-corrected chi connectivity index (χ2v) is 6.84. The number of carbonyl (C=O) groups excluding carboxylic acids is 1. The lowest BCUT2D eigenvalue weighted by molar-refractivity contribution is -0.124. The van der Waals surface area contributed by atoms with Gasteiger partial charge in [-0.25, -0.2) is 0 Å². The van der Waals surface area contributed by atoms with Gasteiger partial charge in [-0.15, -0.1) is 0 Å². The average molecular weight is 283 g/mol. The molecule has 2 aliphatic heterocycles. The van der Waals surface area contributed by atoms with E-state index >= 15 is 0 Å². The van der Waals surface area contributed by atoms with E-state index in [2.05, 4.69) is 43.2 Å². The zero-order chi connectivity index (χ0) is 14.8. The minimum atomic E-state index is -0.0411. The zero-order valence-corrected chi connectivity index (χ0v) is 13.2. The maximum atomic E-state index is 12.1. The quantitative estimate of drug-likeness (QED) is 0.799. The van der Waals surface area contributed by atoms with Gasteiger partial charge >= 0.3 is 0 Å². The predicted octanol–water partition coefficient (Wildman–Crippen LogP) is 0.742. The van der Waals surface area contributed by atoms with Gasteiger partial charge in [-0.2, -0.15) is 0 Å². The summed E-state index contributed by atoms with van der Waals surface area (Å²) < 4.78 is 5.78. The van der Waals surface area contributed by atoms with E-state index in [1.165, 1.54) is 0 Å². The lowest BCUT2D eigenvalue weighted by Crippen LogP contribution is -2.59. The summed E-state index contributed by atoms with van der Waals surface area (Å²) in [6.07, 6.45) is 2.56. The Morgan fingerprint density at radius 2 is 2.00 bits per heavy atom. The highest BCUT2D eigenvalue weighted by molar-refractivity contribution is 5.82. The number of nitrogens with zero attached hydrogens (tertiary/aromatic N) is 1. The Balaban J connectivity index is 1.84. The Morgan fingerprint density at radius 3 is 2.55 bits per heavy atom. The van der Waals surface area contributed by atoms with Crippen LogP contribution < -0.4 is 10.6 Å². The maximum Gasteiger partial charge on any atom is 0.237 e. The molecule has 2 saturated heterocycles. The van der Waals surface area contributed by atoms with E-state index < -0.39 is 0 Å². The summed E-state index contributed by atoms with van der Waals surface area (Å²) in [4.78, 5) is 14.5. The van der Waals surface area contributed by atoms with Crippen LogP contribution in [-0.2, 0) is 9.53 Å². The van der Waals surface area contributed by atoms with Crippen molar-refractivity contribution < 1.29 is 9.53 Å². The normalized spacial score (nSPS) is 32.3. The SMILES string of the molecule is CC1CN(C(C)(C)CNC(=O)C2CCCN2)CC(C)O1. The summed E-state index contributed by atoms with van der Waals surface area (Å²) in [7, 11) is 0. The second-order valence-electron chi connectivity index (χ2n) is 6.84. The fourth-order valence-electron chi connectivity index (χ4n) is 3.12. The summed E-state index contributed by atoms with van der Waals surface area (Å²) in [5, 5.41) is 6.35. The molecular weight excluding hydrogens is 254 g/mol. The molecule has 0 aromatic heterocycles. The molecule has 2 N–H and O–H groups in total. The Labute approximate surface area is 122 Å². The molecule has 0 saturated carbocycles. The first-order valence-electron chi connectivity index (χ1n) is 7.80. The molecule has 20 heavy (non-hydrogen) atoms. The smallest absolute Gasteiger partial charge is 0.237 e. The van der Waals surface area contributed by atoms with Crippen molar-refractivity contribution in [2.75, 3.05) is 26.2 Å². The van der Waals surface area contributed by atoms with Crippen molar-refractivity contribution in [3.8, 4) is 0 Å². The Bertz CT molecular complexity index is 330. The van der Waals surface area contributed by atoms with Crippen LogP contribution in [0.3, 0.4) is 0 Å². The van der Waals surface area contributed by atoms with Crippen LogP contribution in [0.15, 0.2) is 0 Å². The van der Waals surface area contributed by atoms with E-state index in [0.29, 0.717) is 6.54 Å². The summed E-state index contributed by atoms with van der Waals surface area (Å²) in [5.41, 5.74) is -0.0411. The molecule has 2 fully saturated rings. The lowest BCUT2D eigenvalue weighted by atomic mass is 10.00. The largest absolute Gasteiger partial charge is 0.373 e. The van der Waals surface area contributed by atoms with Crippen molar-refractivity contribution in [1.29, 1.82) is 0 Å². The van der Waals surface area contributed by atoms with Crippen molar-refractivity contribution in [3.05, 3.63) is 0 Å². The second kappa shape index (κ2) is 6.41. The molecule has 2 heterocycles. The molecule has 0 bridgehead atoms. The van der Waals surface area contributed by atoms with Crippen molar-refractivity contribution in [2.24, 2.45) is 0 Å². The van der Waals surface area contributed by atoms with Gasteiger partial charge in [0.2, 0.25) is 5.91 Å². The van der Waals surface area contributed by atoms with E-state index in [1.807, 2.05) is 0 Å². The molecular formula is C15H29N3O2. The third kappa shape index (κ3) is 3.93. The van der Waals surface area contributed by atoms with Crippen LogP contribution in [0, 0.1) is 0 Å². The molecule has 3 atom stereocenters. The Kier molecular flexibility index (Phi) is 5.04. The van der Waals surface area contributed by atoms with Crippen LogP contribution in [0.4, 0.5) is 0 Å². The van der Waals surface area contributed by atoms with Crippen molar-refractivity contribution in [3.63, 3.8) is 0 Å². The van der Waals surface area contributed by atoms with Crippen LogP contribution in [-0.4, -0.2) is 60.8 Å². The van der Waals surface area contributed by atoms with Gasteiger partial charge < -0.3 is 15.4 Å². The first-order chi connectivity index (χ1) is 9.38. The number of amides is 1. The van der Waals surface area contributed by atoms with Crippen molar-refractivity contribution in [2.45, 2.75) is 64.3 Å². The fourth-order valence-corrected chi connectivity index (χ4v) is 3.12. The molecule has 0 aromatic carbocycles. The third-order valence-corrected chi connectivity index (χ3v) is 4.35. The van der Waals surface area contributed by atoms with Gasteiger partial charge in [0.25, 0.3) is 0 Å². The molecule has 2 rings (SSSR count). The van der Waals surface area contributed by atoms with E-state index in [4.69, 9.17) is 4.74 Å². The maximum absolute atomic E-state index is 12.1. The molecule has 0 spiro atoms. The Morgan fingerprint density at radius 1 is 1.35 bits per heavy atom. The summed E-state index contributed by atoms with van der Waals surface area (Å²) in [6.45, 7) is 12.1. The lowest BCUT2D eigenvalue weighted by Gasteiger charge is -2.45. The Hall–Kier alpha value is -0.650. The van der Waals surface area contributed by atoms with Gasteiger partial charge in [-0.3, -0.25) is 9.69 Å². The van der Waals surface area contributed by atoms with E-state index in [-0.39, 0.29) is 29.7 Å². The molecule has 5 heteroatoms. The van der Waals surface area contributed by atoms with E-state index in [0.717, 1.165) is 32.5 Å². The van der Waals surface area contributed by atoms with Gasteiger partial charge in [0.15, 0.2) is 0 Å². The molecule has 0 aromatic rings. The molecule has 5 nitrogen and oxygen atoms in total. The molecule has 3 unspecified atom stereocenters. The average Bonchev–Trinajstić information content (AvgIpc) is 2.88. The summed E-state index contributed by atoms with van der Waals surface area (Å²) in [6, 6.07) is 0.00772. The monoisotopic (exact) mass is 283 g/mol. The van der Waals surface area contributed by atoms with E-state index in [9.17, 15) is 4.79 Å². The van der Waals surface area contributed by atoms with Crippen molar-refractivity contribution in [1.82, 2.24) is 15.5 Å². The number of nitrogens with one attached hydrogen (secondary N) is 2. The van der Waals surface area contributed by atoms with Crippen LogP contribution in [0.1, 0.15) is 40.5 Å². The highest BCUT2D eigenvalue weighted by Crippen LogP contribution is 2.20. The first-order valence-corrected chi connectivity index (χ1v) is 7.80. The van der Waals surface area contributed by atoms with Crippen LogP contribution in [0.2, 0.25) is 0 Å². The van der Waals surface area contributed by atoms with Crippen molar-refractivity contribution >= 4 is 5.91 Å². The van der Waals surface area contributed by atoms with Crippen LogP contribution in [0.25, 0.3) is 0 Å². The fraction of sp³-hybridized carbons (Fsp3) is 0.933. The number of hydrogen-bond acceptors (Lipinski definition) is 4. The minimum absolute atomic E-state index is 0.00772. The molecule has 0 radical (unpaired) electrons. The highest BCUT2D eigenvalue weighted by atomic mass is 16.5. The standard InChI is InChI=1S/C15H29N3O2/c1-11-8-18(9-12(2)20-11)15(3,4)10-17-14(19)13-6-5-7-16-13/h11-13,16H,5-10H2,1-4H3,(H,17,19). The predicted molar refractivity (Wildman–Crippen MR) is 79.7 cm³/mol. The van der Waals surface area contributed by atoms with Gasteiger partial charge in [0.05, 0.1) is 18.2 Å². The van der Waals surface area contributed by atoms with Gasteiger partial charge in [0.1, 0.15) is 0 Å². The molecule has 1 amide bonds. The van der Waals surface area contributed by atoms with E-state index in [1.54, 1.807) is 0 Å². The topological polar surface area (TPSA) is 53.6 Å². The summed E-state index contributed by atoms with van der Waals surface area (Å²) in [5.74, 6) is 0.143. The van der Waals surface area contributed by atoms with Gasteiger partial charge in [0, 0.05) is 25.2 Å². The number of hydrogen-bond donors (Lipinski definition) is 2. The number of rotatable bonds is 4. The molecule has 116 valence electrons. The number of morpholine rings is 1.